The number of fused-ring (bicyclic) bond motifs is 2. The predicted octanol–water partition coefficient (Wildman–Crippen LogP) is 4.30. The Balaban J connectivity index is 1.49. The van der Waals surface area contributed by atoms with Crippen LogP contribution in [0.15, 0.2) is 22.6 Å². The van der Waals surface area contributed by atoms with Crippen LogP contribution in [0, 0.1) is 21.4 Å². The summed E-state index contributed by atoms with van der Waals surface area (Å²) in [6, 6.07) is 2.78. The number of benzene rings is 1. The minimum absolute atomic E-state index is 0.0170. The molecule has 158 valence electrons. The fourth-order valence-corrected chi connectivity index (χ4v) is 5.03. The molecule has 4 rings (SSSR count). The van der Waals surface area contributed by atoms with Crippen LogP contribution in [0.2, 0.25) is 0 Å². The van der Waals surface area contributed by atoms with Crippen molar-refractivity contribution in [2.24, 2.45) is 16.4 Å². The van der Waals surface area contributed by atoms with Crippen LogP contribution in [0.1, 0.15) is 53.6 Å². The lowest BCUT2D eigenvalue weighted by molar-refractivity contribution is -0.385. The fourth-order valence-electron chi connectivity index (χ4n) is 3.87. The van der Waals surface area contributed by atoms with Crippen molar-refractivity contribution < 1.29 is 19.2 Å². The number of thiophene rings is 1. The third-order valence-electron chi connectivity index (χ3n) is 5.71. The maximum absolute atomic E-state index is 12.7. The maximum Gasteiger partial charge on any atom is 0.282 e. The molecule has 1 atom stereocenters. The van der Waals surface area contributed by atoms with Crippen molar-refractivity contribution in [3.8, 4) is 11.5 Å². The SMILES string of the molecule is CC(C)(C)[C@H]1CCc2c(C(=O)NN=Cc3cc4c(cc3[N+](=O)[O-])OCO4)csc2C1. The van der Waals surface area contributed by atoms with Gasteiger partial charge in [-0.05, 0) is 42.2 Å². The normalized spacial score (nSPS) is 17.8. The number of nitro benzene ring substituents is 1. The van der Waals surface area contributed by atoms with Crippen LogP contribution >= 0.6 is 11.3 Å². The Labute approximate surface area is 178 Å². The summed E-state index contributed by atoms with van der Waals surface area (Å²) in [5.41, 5.74) is 4.54. The lowest BCUT2D eigenvalue weighted by Crippen LogP contribution is -2.27. The Morgan fingerprint density at radius 3 is 2.77 bits per heavy atom. The zero-order chi connectivity index (χ0) is 21.5. The van der Waals surface area contributed by atoms with Crippen LogP contribution in [-0.4, -0.2) is 23.8 Å². The highest BCUT2D eigenvalue weighted by atomic mass is 32.1. The minimum Gasteiger partial charge on any atom is -0.454 e. The number of carbonyl (C=O) groups excluding carboxylic acids is 1. The van der Waals surface area contributed by atoms with Crippen molar-refractivity contribution in [2.45, 2.75) is 40.0 Å². The molecule has 8 nitrogen and oxygen atoms in total. The predicted molar refractivity (Wildman–Crippen MR) is 114 cm³/mol. The van der Waals surface area contributed by atoms with Crippen LogP contribution in [0.25, 0.3) is 0 Å². The summed E-state index contributed by atoms with van der Waals surface area (Å²) in [5, 5.41) is 17.2. The molecular weight excluding hydrogens is 406 g/mol. The van der Waals surface area contributed by atoms with E-state index in [1.54, 1.807) is 11.3 Å². The van der Waals surface area contributed by atoms with Crippen LogP contribution < -0.4 is 14.9 Å². The van der Waals surface area contributed by atoms with E-state index >= 15 is 0 Å². The Bertz CT molecular complexity index is 1040. The Hall–Kier alpha value is -2.94. The zero-order valence-electron chi connectivity index (χ0n) is 17.1. The van der Waals surface area contributed by atoms with E-state index in [1.165, 1.54) is 23.2 Å². The third-order valence-corrected chi connectivity index (χ3v) is 6.76. The molecule has 30 heavy (non-hydrogen) atoms. The highest BCUT2D eigenvalue weighted by Crippen LogP contribution is 2.40. The highest BCUT2D eigenvalue weighted by molar-refractivity contribution is 7.10. The van der Waals surface area contributed by atoms with Gasteiger partial charge in [0.05, 0.1) is 28.3 Å². The number of ether oxygens (including phenoxy) is 2. The maximum atomic E-state index is 12.7. The van der Waals surface area contributed by atoms with Gasteiger partial charge in [-0.3, -0.25) is 14.9 Å². The van der Waals surface area contributed by atoms with Gasteiger partial charge in [-0.1, -0.05) is 20.8 Å². The van der Waals surface area contributed by atoms with Crippen molar-refractivity contribution in [3.05, 3.63) is 49.2 Å². The molecule has 0 saturated carbocycles. The molecule has 0 radical (unpaired) electrons. The smallest absolute Gasteiger partial charge is 0.282 e. The second-order valence-electron chi connectivity index (χ2n) is 8.58. The monoisotopic (exact) mass is 429 g/mol. The summed E-state index contributed by atoms with van der Waals surface area (Å²) in [4.78, 5) is 24.7. The van der Waals surface area contributed by atoms with Crippen LogP contribution in [0.3, 0.4) is 0 Å². The number of nitro groups is 1. The Morgan fingerprint density at radius 1 is 1.33 bits per heavy atom. The number of carbonyl (C=O) groups is 1. The summed E-state index contributed by atoms with van der Waals surface area (Å²) in [6.45, 7) is 6.79. The minimum atomic E-state index is -0.522. The van der Waals surface area contributed by atoms with E-state index in [1.807, 2.05) is 5.38 Å². The van der Waals surface area contributed by atoms with E-state index in [0.717, 1.165) is 24.8 Å². The second kappa shape index (κ2) is 7.71. The van der Waals surface area contributed by atoms with Crippen molar-refractivity contribution >= 4 is 29.1 Å². The van der Waals surface area contributed by atoms with Crippen LogP contribution in [-0.2, 0) is 12.8 Å². The van der Waals surface area contributed by atoms with E-state index in [0.29, 0.717) is 23.0 Å². The van der Waals surface area contributed by atoms with Crippen molar-refractivity contribution in [3.63, 3.8) is 0 Å². The number of nitrogens with zero attached hydrogens (tertiary/aromatic N) is 2. The molecule has 0 fully saturated rings. The van der Waals surface area contributed by atoms with Crippen molar-refractivity contribution in [2.75, 3.05) is 6.79 Å². The first kappa shape index (κ1) is 20.3. The third kappa shape index (κ3) is 3.89. The molecule has 1 aliphatic heterocycles. The largest absolute Gasteiger partial charge is 0.454 e. The van der Waals surface area contributed by atoms with E-state index in [2.05, 4.69) is 31.3 Å². The molecular formula is C21H23N3O5S. The molecule has 2 aliphatic rings. The van der Waals surface area contributed by atoms with Crippen molar-refractivity contribution in [1.29, 1.82) is 0 Å². The van der Waals surface area contributed by atoms with Crippen LogP contribution in [0.5, 0.6) is 11.5 Å². The average Bonchev–Trinajstić information content (AvgIpc) is 3.32. The van der Waals surface area contributed by atoms with Gasteiger partial charge in [0, 0.05) is 10.3 Å². The van der Waals surface area contributed by atoms with Crippen molar-refractivity contribution in [1.82, 2.24) is 5.43 Å². The molecule has 1 aliphatic carbocycles. The molecule has 0 bridgehead atoms. The summed E-state index contributed by atoms with van der Waals surface area (Å²) in [5.74, 6) is 1.03. The molecule has 1 aromatic carbocycles. The van der Waals surface area contributed by atoms with Gasteiger partial charge in [0.1, 0.15) is 0 Å². The van der Waals surface area contributed by atoms with Gasteiger partial charge >= 0.3 is 0 Å². The molecule has 2 aromatic rings. The lowest BCUT2D eigenvalue weighted by atomic mass is 9.72. The first-order valence-electron chi connectivity index (χ1n) is 9.74. The summed E-state index contributed by atoms with van der Waals surface area (Å²) in [6.07, 6.45) is 4.18. The second-order valence-corrected chi connectivity index (χ2v) is 9.54. The average molecular weight is 429 g/mol. The van der Waals surface area contributed by atoms with E-state index in [4.69, 9.17) is 9.47 Å². The van der Waals surface area contributed by atoms with Crippen LogP contribution in [0.4, 0.5) is 5.69 Å². The number of hydrogen-bond acceptors (Lipinski definition) is 7. The summed E-state index contributed by atoms with van der Waals surface area (Å²) in [7, 11) is 0. The lowest BCUT2D eigenvalue weighted by Gasteiger charge is -2.33. The molecule has 9 heteroatoms. The number of nitrogens with one attached hydrogen (secondary N) is 1. The van der Waals surface area contributed by atoms with Gasteiger partial charge < -0.3 is 9.47 Å². The quantitative estimate of drug-likeness (QED) is 0.443. The van der Waals surface area contributed by atoms with Gasteiger partial charge in [-0.25, -0.2) is 5.43 Å². The number of hydrogen-bond donors (Lipinski definition) is 1. The van der Waals surface area contributed by atoms with Gasteiger partial charge in [0.25, 0.3) is 11.6 Å². The van der Waals surface area contributed by atoms with E-state index < -0.39 is 4.92 Å². The standard InChI is InChI=1S/C21H23N3O5S/c1-21(2,3)13-4-5-14-15(10-30-19(14)7-13)20(25)23-22-9-12-6-17-18(29-11-28-17)8-16(12)24(26)27/h6,8-10,13H,4-5,7,11H2,1-3H3,(H,23,25)/t13-/m0/s1. The molecule has 1 N–H and O–H groups in total. The molecule has 0 unspecified atom stereocenters. The van der Waals surface area contributed by atoms with Gasteiger partial charge in [0.15, 0.2) is 11.5 Å². The van der Waals surface area contributed by atoms with Gasteiger partial charge in [-0.2, -0.15) is 5.10 Å². The molecule has 0 spiro atoms. The summed E-state index contributed by atoms with van der Waals surface area (Å²) >= 11 is 1.62. The van der Waals surface area contributed by atoms with E-state index in [9.17, 15) is 14.9 Å². The molecule has 2 heterocycles. The first-order valence-corrected chi connectivity index (χ1v) is 10.6. The Kier molecular flexibility index (Phi) is 5.23. The molecule has 1 amide bonds. The van der Waals surface area contributed by atoms with Gasteiger partial charge in [0.2, 0.25) is 6.79 Å². The highest BCUT2D eigenvalue weighted by Gasteiger charge is 2.31. The first-order chi connectivity index (χ1) is 14.2. The zero-order valence-corrected chi connectivity index (χ0v) is 17.9. The van der Waals surface area contributed by atoms with Gasteiger partial charge in [-0.15, -0.1) is 11.3 Å². The number of hydrazone groups is 1. The number of amides is 1. The fraction of sp³-hybridized carbons (Fsp3) is 0.429. The topological polar surface area (TPSA) is 103 Å². The number of rotatable bonds is 4. The molecule has 0 saturated heterocycles. The molecule has 1 aromatic heterocycles. The summed E-state index contributed by atoms with van der Waals surface area (Å²) < 4.78 is 10.4. The van der Waals surface area contributed by atoms with E-state index in [-0.39, 0.29) is 29.4 Å². The Morgan fingerprint density at radius 2 is 2.07 bits per heavy atom.